The fourth-order valence-corrected chi connectivity index (χ4v) is 1.83. The minimum Gasteiger partial charge on any atom is -0.453 e. The normalized spacial score (nSPS) is 11.2. The first kappa shape index (κ1) is 11.4. The zero-order valence-electron chi connectivity index (χ0n) is 10.1. The van der Waals surface area contributed by atoms with Crippen molar-refractivity contribution in [3.8, 4) is 0 Å². The molecule has 3 rings (SSSR count). The lowest BCUT2D eigenvalue weighted by Gasteiger charge is -1.90. The van der Waals surface area contributed by atoms with Crippen LogP contribution in [0.3, 0.4) is 0 Å². The number of pyridine rings is 1. The third kappa shape index (κ3) is 2.45. The highest BCUT2D eigenvalue weighted by Crippen LogP contribution is 2.19. The van der Waals surface area contributed by atoms with E-state index < -0.39 is 0 Å². The Morgan fingerprint density at radius 3 is 2.68 bits per heavy atom. The van der Waals surface area contributed by atoms with Gasteiger partial charge in [0.2, 0.25) is 5.78 Å². The molecule has 0 saturated heterocycles. The van der Waals surface area contributed by atoms with Gasteiger partial charge in [-0.1, -0.05) is 24.3 Å². The van der Waals surface area contributed by atoms with E-state index in [-0.39, 0.29) is 5.78 Å². The molecular formula is C16H11NO2. The van der Waals surface area contributed by atoms with Crippen LogP contribution in [0.5, 0.6) is 0 Å². The van der Waals surface area contributed by atoms with E-state index in [2.05, 4.69) is 4.98 Å². The quantitative estimate of drug-likeness (QED) is 0.524. The Morgan fingerprint density at radius 1 is 1.11 bits per heavy atom. The summed E-state index contributed by atoms with van der Waals surface area (Å²) in [6.45, 7) is 0. The average Bonchev–Trinajstić information content (AvgIpc) is 2.90. The van der Waals surface area contributed by atoms with Crippen molar-refractivity contribution in [2.75, 3.05) is 0 Å². The predicted octanol–water partition coefficient (Wildman–Crippen LogP) is 3.72. The molecule has 92 valence electrons. The Hall–Kier alpha value is -2.68. The Kier molecular flexibility index (Phi) is 2.94. The summed E-state index contributed by atoms with van der Waals surface area (Å²) in [5, 5.41) is 0.933. The van der Waals surface area contributed by atoms with Gasteiger partial charge in [0.15, 0.2) is 5.76 Å². The smallest absolute Gasteiger partial charge is 0.221 e. The van der Waals surface area contributed by atoms with Crippen LogP contribution in [0.1, 0.15) is 16.1 Å². The van der Waals surface area contributed by atoms with Crippen molar-refractivity contribution in [3.63, 3.8) is 0 Å². The summed E-state index contributed by atoms with van der Waals surface area (Å²) in [7, 11) is 0. The van der Waals surface area contributed by atoms with E-state index >= 15 is 0 Å². The maximum Gasteiger partial charge on any atom is 0.221 e. The van der Waals surface area contributed by atoms with Gasteiger partial charge in [-0.25, -0.2) is 0 Å². The van der Waals surface area contributed by atoms with Crippen LogP contribution in [0.4, 0.5) is 0 Å². The van der Waals surface area contributed by atoms with Gasteiger partial charge < -0.3 is 4.42 Å². The molecule has 0 aliphatic heterocycles. The molecule has 0 radical (unpaired) electrons. The SMILES string of the molecule is O=C(C=Cc1ccncc1)c1cc2ccccc2o1. The Bertz CT molecular complexity index is 709. The van der Waals surface area contributed by atoms with E-state index in [9.17, 15) is 4.79 Å². The number of benzene rings is 1. The second kappa shape index (κ2) is 4.90. The molecule has 0 amide bonds. The van der Waals surface area contributed by atoms with Crippen molar-refractivity contribution < 1.29 is 9.21 Å². The molecule has 0 fully saturated rings. The molecule has 2 heterocycles. The van der Waals surface area contributed by atoms with Crippen LogP contribution in [0, 0.1) is 0 Å². The number of aromatic nitrogens is 1. The predicted molar refractivity (Wildman–Crippen MR) is 73.8 cm³/mol. The second-order valence-corrected chi connectivity index (χ2v) is 4.13. The zero-order chi connectivity index (χ0) is 13.1. The number of nitrogens with zero attached hydrogens (tertiary/aromatic N) is 1. The first-order chi connectivity index (χ1) is 9.33. The number of hydrogen-bond acceptors (Lipinski definition) is 3. The number of hydrogen-bond donors (Lipinski definition) is 0. The van der Waals surface area contributed by atoms with Gasteiger partial charge in [-0.05, 0) is 35.9 Å². The van der Waals surface area contributed by atoms with Gasteiger partial charge in [-0.15, -0.1) is 0 Å². The van der Waals surface area contributed by atoms with E-state index in [1.165, 1.54) is 6.08 Å². The molecule has 2 aromatic heterocycles. The summed E-state index contributed by atoms with van der Waals surface area (Å²) in [5.74, 6) is 0.208. The molecule has 0 saturated carbocycles. The molecule has 3 nitrogen and oxygen atoms in total. The molecule has 0 bridgehead atoms. The van der Waals surface area contributed by atoms with Crippen molar-refractivity contribution in [3.05, 3.63) is 72.3 Å². The fraction of sp³-hybridized carbons (Fsp3) is 0. The van der Waals surface area contributed by atoms with Gasteiger partial charge in [0.25, 0.3) is 0 Å². The van der Waals surface area contributed by atoms with Crippen molar-refractivity contribution >= 4 is 22.8 Å². The lowest BCUT2D eigenvalue weighted by Crippen LogP contribution is -1.90. The highest BCUT2D eigenvalue weighted by atomic mass is 16.3. The first-order valence-corrected chi connectivity index (χ1v) is 5.94. The molecule has 0 spiro atoms. The number of fused-ring (bicyclic) bond motifs is 1. The first-order valence-electron chi connectivity index (χ1n) is 5.94. The van der Waals surface area contributed by atoms with Crippen molar-refractivity contribution in [1.82, 2.24) is 4.98 Å². The van der Waals surface area contributed by atoms with Gasteiger partial charge >= 0.3 is 0 Å². The van der Waals surface area contributed by atoms with E-state index in [0.717, 1.165) is 16.5 Å². The number of carbonyl (C=O) groups is 1. The molecule has 3 heteroatoms. The molecule has 3 aromatic rings. The van der Waals surface area contributed by atoms with Crippen molar-refractivity contribution in [2.45, 2.75) is 0 Å². The van der Waals surface area contributed by atoms with Crippen LogP contribution in [-0.4, -0.2) is 10.8 Å². The van der Waals surface area contributed by atoms with Gasteiger partial charge in [0, 0.05) is 17.8 Å². The maximum absolute atomic E-state index is 12.0. The Balaban J connectivity index is 1.86. The summed E-state index contributed by atoms with van der Waals surface area (Å²) < 4.78 is 5.51. The number of para-hydroxylation sites is 1. The lowest BCUT2D eigenvalue weighted by atomic mass is 10.2. The van der Waals surface area contributed by atoms with Crippen molar-refractivity contribution in [2.24, 2.45) is 0 Å². The number of carbonyl (C=O) groups excluding carboxylic acids is 1. The minimum atomic E-state index is -0.145. The van der Waals surface area contributed by atoms with Crippen LogP contribution in [0.2, 0.25) is 0 Å². The summed E-state index contributed by atoms with van der Waals surface area (Å²) in [5.41, 5.74) is 1.66. The number of ketones is 1. The summed E-state index contributed by atoms with van der Waals surface area (Å²) in [4.78, 5) is 15.9. The van der Waals surface area contributed by atoms with E-state index in [4.69, 9.17) is 4.42 Å². The molecule has 1 aromatic carbocycles. The Labute approximate surface area is 110 Å². The van der Waals surface area contributed by atoms with Gasteiger partial charge in [0.1, 0.15) is 5.58 Å². The van der Waals surface area contributed by atoms with Gasteiger partial charge in [0.05, 0.1) is 0 Å². The van der Waals surface area contributed by atoms with E-state index in [0.29, 0.717) is 5.76 Å². The van der Waals surface area contributed by atoms with E-state index in [1.54, 1.807) is 24.5 Å². The van der Waals surface area contributed by atoms with Crippen LogP contribution in [0.15, 0.2) is 65.4 Å². The number of furan rings is 1. The zero-order valence-corrected chi connectivity index (χ0v) is 10.1. The summed E-state index contributed by atoms with van der Waals surface area (Å²) in [6.07, 6.45) is 6.63. The summed E-state index contributed by atoms with van der Waals surface area (Å²) >= 11 is 0. The fourth-order valence-electron chi connectivity index (χ4n) is 1.83. The molecule has 0 atom stereocenters. The molecular weight excluding hydrogens is 238 g/mol. The number of rotatable bonds is 3. The third-order valence-electron chi connectivity index (χ3n) is 2.80. The summed E-state index contributed by atoms with van der Waals surface area (Å²) in [6, 6.07) is 13.0. The monoisotopic (exact) mass is 249 g/mol. The molecule has 0 aliphatic carbocycles. The molecule has 0 N–H and O–H groups in total. The maximum atomic E-state index is 12.0. The highest BCUT2D eigenvalue weighted by molar-refractivity contribution is 6.06. The minimum absolute atomic E-state index is 0.145. The topological polar surface area (TPSA) is 43.1 Å². The van der Waals surface area contributed by atoms with Gasteiger partial charge in [-0.2, -0.15) is 0 Å². The van der Waals surface area contributed by atoms with Gasteiger partial charge in [-0.3, -0.25) is 9.78 Å². The molecule has 0 unspecified atom stereocenters. The standard InChI is InChI=1S/C16H11NO2/c18-14(6-5-12-7-9-17-10-8-12)16-11-13-3-1-2-4-15(13)19-16/h1-11H. The Morgan fingerprint density at radius 2 is 1.89 bits per heavy atom. The molecule has 19 heavy (non-hydrogen) atoms. The highest BCUT2D eigenvalue weighted by Gasteiger charge is 2.08. The number of allylic oxidation sites excluding steroid dienone is 1. The average molecular weight is 249 g/mol. The lowest BCUT2D eigenvalue weighted by molar-refractivity contribution is 0.102. The van der Waals surface area contributed by atoms with Crippen LogP contribution in [-0.2, 0) is 0 Å². The third-order valence-corrected chi connectivity index (χ3v) is 2.80. The van der Waals surface area contributed by atoms with Crippen LogP contribution in [0.25, 0.3) is 17.0 Å². The second-order valence-electron chi connectivity index (χ2n) is 4.13. The van der Waals surface area contributed by atoms with Crippen molar-refractivity contribution in [1.29, 1.82) is 0 Å². The molecule has 0 aliphatic rings. The van der Waals surface area contributed by atoms with Crippen LogP contribution < -0.4 is 0 Å². The van der Waals surface area contributed by atoms with E-state index in [1.807, 2.05) is 36.4 Å². The van der Waals surface area contributed by atoms with Crippen LogP contribution >= 0.6 is 0 Å². The largest absolute Gasteiger partial charge is 0.453 e.